The minimum Gasteiger partial charge on any atom is -0.488 e. The van der Waals surface area contributed by atoms with E-state index in [1.165, 1.54) is 6.07 Å². The Bertz CT molecular complexity index is 866. The molecule has 1 N–H and O–H groups in total. The maximum Gasteiger partial charge on any atom is 0.208 e. The molecule has 2 heterocycles. The second kappa shape index (κ2) is 5.51. The third kappa shape index (κ3) is 2.43. The van der Waals surface area contributed by atoms with E-state index in [0.29, 0.717) is 0 Å². The van der Waals surface area contributed by atoms with Crippen molar-refractivity contribution in [3.63, 3.8) is 0 Å². The van der Waals surface area contributed by atoms with Crippen molar-refractivity contribution in [2.75, 3.05) is 13.1 Å². The van der Waals surface area contributed by atoms with E-state index >= 15 is 0 Å². The number of sulfone groups is 1. The molecule has 0 amide bonds. The fraction of sp³-hybridized carbons (Fsp3) is 0.294. The number of ether oxygens (including phenoxy) is 1. The van der Waals surface area contributed by atoms with Gasteiger partial charge in [0.2, 0.25) is 9.84 Å². The third-order valence-corrected chi connectivity index (χ3v) is 6.77. The minimum atomic E-state index is -3.63. The molecule has 0 saturated carbocycles. The van der Waals surface area contributed by atoms with Crippen molar-refractivity contribution in [3.05, 3.63) is 53.1 Å². The van der Waals surface area contributed by atoms with E-state index in [2.05, 4.69) is 5.32 Å². The number of piperidine rings is 1. The van der Waals surface area contributed by atoms with Crippen LogP contribution in [0.25, 0.3) is 0 Å². The molecule has 1 fully saturated rings. The lowest BCUT2D eigenvalue weighted by Gasteiger charge is -2.24. The first kappa shape index (κ1) is 15.0. The van der Waals surface area contributed by atoms with Gasteiger partial charge in [0, 0.05) is 18.0 Å². The summed E-state index contributed by atoms with van der Waals surface area (Å²) in [7, 11) is -3.63. The molecule has 0 aromatic heterocycles. The highest BCUT2D eigenvalue weighted by atomic mass is 35.5. The summed E-state index contributed by atoms with van der Waals surface area (Å²) in [5.74, 6) is 1.05. The molecular formula is C17H16ClNO3S. The molecule has 0 spiro atoms. The number of fused-ring (bicyclic) bond motifs is 3. The van der Waals surface area contributed by atoms with Crippen LogP contribution in [0.15, 0.2) is 52.3 Å². The minimum absolute atomic E-state index is 0.0945. The van der Waals surface area contributed by atoms with Crippen molar-refractivity contribution in [2.24, 2.45) is 0 Å². The molecule has 120 valence electrons. The molecule has 2 aliphatic heterocycles. The predicted octanol–water partition coefficient (Wildman–Crippen LogP) is 3.01. The molecule has 4 nitrogen and oxygen atoms in total. The number of halogens is 1. The fourth-order valence-corrected chi connectivity index (χ4v) is 5.16. The summed E-state index contributed by atoms with van der Waals surface area (Å²) in [6, 6.07) is 11.6. The molecule has 2 unspecified atom stereocenters. The summed E-state index contributed by atoms with van der Waals surface area (Å²) in [5, 5.41) is 3.55. The zero-order valence-electron chi connectivity index (χ0n) is 12.3. The average molecular weight is 350 g/mol. The van der Waals surface area contributed by atoms with Gasteiger partial charge < -0.3 is 10.1 Å². The maximum absolute atomic E-state index is 12.9. The van der Waals surface area contributed by atoms with Crippen LogP contribution in [-0.4, -0.2) is 27.6 Å². The number of benzene rings is 2. The molecule has 0 aliphatic carbocycles. The Kier molecular flexibility index (Phi) is 3.59. The summed E-state index contributed by atoms with van der Waals surface area (Å²) in [4.78, 5) is 0.412. The van der Waals surface area contributed by atoms with Crippen molar-refractivity contribution in [2.45, 2.75) is 28.2 Å². The summed E-state index contributed by atoms with van der Waals surface area (Å²) >= 11 is 6.07. The van der Waals surface area contributed by atoms with Gasteiger partial charge in [-0.3, -0.25) is 0 Å². The average Bonchev–Trinajstić information content (AvgIpc) is 2.93. The smallest absolute Gasteiger partial charge is 0.208 e. The lowest BCUT2D eigenvalue weighted by Crippen LogP contribution is -2.39. The first-order valence-electron chi connectivity index (χ1n) is 7.58. The van der Waals surface area contributed by atoms with Crippen LogP contribution < -0.4 is 10.1 Å². The maximum atomic E-state index is 12.9. The second-order valence-electron chi connectivity index (χ2n) is 5.89. The summed E-state index contributed by atoms with van der Waals surface area (Å²) in [5.41, 5.74) is 0.990. The highest BCUT2D eigenvalue weighted by molar-refractivity contribution is 7.91. The molecule has 1 saturated heterocycles. The van der Waals surface area contributed by atoms with E-state index in [9.17, 15) is 8.42 Å². The highest BCUT2D eigenvalue weighted by Crippen LogP contribution is 2.43. The topological polar surface area (TPSA) is 55.4 Å². The zero-order valence-corrected chi connectivity index (χ0v) is 13.9. The first-order valence-corrected chi connectivity index (χ1v) is 9.44. The van der Waals surface area contributed by atoms with Crippen molar-refractivity contribution in [3.8, 4) is 5.75 Å². The van der Waals surface area contributed by atoms with E-state index in [4.69, 9.17) is 16.3 Å². The van der Waals surface area contributed by atoms with Crippen LogP contribution in [0.1, 0.15) is 17.9 Å². The van der Waals surface area contributed by atoms with Gasteiger partial charge in [-0.15, -0.1) is 0 Å². The zero-order chi connectivity index (χ0) is 16.0. The molecule has 0 radical (unpaired) electrons. The molecule has 4 rings (SSSR count). The van der Waals surface area contributed by atoms with Gasteiger partial charge >= 0.3 is 0 Å². The van der Waals surface area contributed by atoms with E-state index in [1.807, 2.05) is 0 Å². The van der Waals surface area contributed by atoms with Gasteiger partial charge in [0.25, 0.3) is 0 Å². The van der Waals surface area contributed by atoms with Gasteiger partial charge in [0.05, 0.1) is 14.8 Å². The molecule has 6 heteroatoms. The van der Waals surface area contributed by atoms with Crippen molar-refractivity contribution >= 4 is 21.4 Å². The lowest BCUT2D eigenvalue weighted by atomic mass is 9.90. The van der Waals surface area contributed by atoms with Crippen LogP contribution in [-0.2, 0) is 9.84 Å². The van der Waals surface area contributed by atoms with Gasteiger partial charge in [0.15, 0.2) is 0 Å². The van der Waals surface area contributed by atoms with Gasteiger partial charge in [-0.1, -0.05) is 23.7 Å². The molecule has 0 bridgehead atoms. The molecular weight excluding hydrogens is 334 g/mol. The lowest BCUT2D eigenvalue weighted by molar-refractivity contribution is 0.177. The van der Waals surface area contributed by atoms with Crippen molar-refractivity contribution in [1.29, 1.82) is 0 Å². The summed E-state index contributed by atoms with van der Waals surface area (Å²) < 4.78 is 31.7. The molecule has 2 aromatic carbocycles. The van der Waals surface area contributed by atoms with Crippen LogP contribution in [0.5, 0.6) is 5.75 Å². The van der Waals surface area contributed by atoms with Crippen LogP contribution in [0.3, 0.4) is 0 Å². The number of rotatable bonds is 2. The van der Waals surface area contributed by atoms with Crippen LogP contribution in [0.4, 0.5) is 0 Å². The largest absolute Gasteiger partial charge is 0.488 e. The summed E-state index contributed by atoms with van der Waals surface area (Å²) in [6.07, 6.45) is 1.05. The van der Waals surface area contributed by atoms with Gasteiger partial charge in [-0.2, -0.15) is 0 Å². The Hall–Kier alpha value is -1.56. The van der Waals surface area contributed by atoms with Crippen LogP contribution in [0.2, 0.25) is 5.02 Å². The van der Waals surface area contributed by atoms with Gasteiger partial charge in [-0.05, 0) is 43.3 Å². The van der Waals surface area contributed by atoms with Crippen LogP contribution in [0, 0.1) is 0 Å². The third-order valence-electron chi connectivity index (χ3n) is 4.52. The standard InChI is InChI=1S/C17H16ClNO3S/c18-14-3-1-2-4-17(14)23(20,21)11-5-6-15-13(9-11)12-7-8-19-10-16(12)22-15/h1-6,9,12,16,19H,7-8,10H2. The van der Waals surface area contributed by atoms with E-state index in [0.717, 1.165) is 30.8 Å². The van der Waals surface area contributed by atoms with E-state index in [-0.39, 0.29) is 26.8 Å². The summed E-state index contributed by atoms with van der Waals surface area (Å²) in [6.45, 7) is 1.72. The molecule has 2 aliphatic rings. The fourth-order valence-electron chi connectivity index (χ4n) is 3.35. The SMILES string of the molecule is O=S(=O)(c1ccc2c(c1)C1CCNCC1O2)c1ccccc1Cl. The Labute approximate surface area is 140 Å². The Morgan fingerprint density at radius 2 is 2.00 bits per heavy atom. The van der Waals surface area contributed by atoms with Crippen LogP contribution >= 0.6 is 11.6 Å². The quantitative estimate of drug-likeness (QED) is 0.905. The molecule has 23 heavy (non-hydrogen) atoms. The Balaban J connectivity index is 1.79. The molecule has 2 atom stereocenters. The second-order valence-corrected chi connectivity index (χ2v) is 8.21. The van der Waals surface area contributed by atoms with Crippen molar-refractivity contribution in [1.82, 2.24) is 5.32 Å². The molecule has 2 aromatic rings. The van der Waals surface area contributed by atoms with Crippen molar-refractivity contribution < 1.29 is 13.2 Å². The monoisotopic (exact) mass is 349 g/mol. The van der Waals surface area contributed by atoms with Gasteiger partial charge in [0.1, 0.15) is 11.9 Å². The number of nitrogens with one attached hydrogen (secondary N) is 1. The highest BCUT2D eigenvalue weighted by Gasteiger charge is 2.37. The predicted molar refractivity (Wildman–Crippen MR) is 88.0 cm³/mol. The van der Waals surface area contributed by atoms with E-state index < -0.39 is 9.84 Å². The number of hydrogen-bond donors (Lipinski definition) is 1. The first-order chi connectivity index (χ1) is 11.1. The van der Waals surface area contributed by atoms with Gasteiger partial charge in [-0.25, -0.2) is 8.42 Å². The Morgan fingerprint density at radius 3 is 2.83 bits per heavy atom. The normalized spacial score (nSPS) is 23.0. The Morgan fingerprint density at radius 1 is 1.17 bits per heavy atom. The number of hydrogen-bond acceptors (Lipinski definition) is 4. The van der Waals surface area contributed by atoms with E-state index in [1.54, 1.807) is 36.4 Å².